The average molecular weight is 1420 g/mol. The topological polar surface area (TPSA) is 237 Å². The van der Waals surface area contributed by atoms with E-state index in [1.54, 1.807) is 12.2 Å². The van der Waals surface area contributed by atoms with Crippen LogP contribution in [0, 0.1) is 0 Å². The molecule has 19 heteroatoms. The number of hydrogen-bond donors (Lipinski definition) is 3. The lowest BCUT2D eigenvalue weighted by Crippen LogP contribution is -2.30. The molecule has 3 N–H and O–H groups in total. The number of phosphoric acid groups is 2. The molecule has 0 aromatic heterocycles. The molecule has 0 aliphatic carbocycles. The van der Waals surface area contributed by atoms with Crippen molar-refractivity contribution in [2.45, 2.75) is 329 Å². The molecule has 0 aliphatic heterocycles. The van der Waals surface area contributed by atoms with Gasteiger partial charge in [-0.15, -0.1) is 0 Å². The Hall–Kier alpha value is -4.28. The van der Waals surface area contributed by atoms with Gasteiger partial charge in [0.05, 0.1) is 32.8 Å². The van der Waals surface area contributed by atoms with Crippen LogP contribution in [0.1, 0.15) is 310 Å². The first-order valence-electron chi connectivity index (χ1n) is 38.1. The first-order chi connectivity index (χ1) is 47.7. The van der Waals surface area contributed by atoms with Gasteiger partial charge in [0.15, 0.2) is 12.2 Å². The Morgan fingerprint density at radius 1 is 0.306 bits per heavy atom. The summed E-state index contributed by atoms with van der Waals surface area (Å²) in [6, 6.07) is 0. The number of carbonyl (C=O) groups is 4. The van der Waals surface area contributed by atoms with Gasteiger partial charge >= 0.3 is 39.5 Å². The van der Waals surface area contributed by atoms with Gasteiger partial charge in [-0.05, 0) is 109 Å². The van der Waals surface area contributed by atoms with Gasteiger partial charge in [0.25, 0.3) is 0 Å². The van der Waals surface area contributed by atoms with E-state index in [1.165, 1.54) is 77.0 Å². The van der Waals surface area contributed by atoms with E-state index < -0.39 is 97.5 Å². The maximum absolute atomic E-state index is 13.1. The monoisotopic (exact) mass is 1420 g/mol. The van der Waals surface area contributed by atoms with Crippen molar-refractivity contribution in [3.8, 4) is 0 Å². The fourth-order valence-corrected chi connectivity index (χ4v) is 11.6. The molecule has 0 saturated heterocycles. The molecule has 0 aromatic carbocycles. The second kappa shape index (κ2) is 71.1. The van der Waals surface area contributed by atoms with Crippen molar-refractivity contribution in [1.29, 1.82) is 0 Å². The fraction of sp³-hybridized carbons (Fsp3) is 0.722. The average Bonchev–Trinajstić information content (AvgIpc) is 0.980. The zero-order chi connectivity index (χ0) is 71.8. The highest BCUT2D eigenvalue weighted by Crippen LogP contribution is 2.45. The van der Waals surface area contributed by atoms with Gasteiger partial charge < -0.3 is 33.8 Å². The molecule has 0 aromatic rings. The number of aliphatic hydroxyl groups excluding tert-OH is 1. The molecule has 5 unspecified atom stereocenters. The molecule has 564 valence electrons. The molecule has 98 heavy (non-hydrogen) atoms. The maximum atomic E-state index is 13.1. The van der Waals surface area contributed by atoms with E-state index in [4.69, 9.17) is 37.0 Å². The first kappa shape index (κ1) is 93.7. The summed E-state index contributed by atoms with van der Waals surface area (Å²) < 4.78 is 68.3. The highest BCUT2D eigenvalue weighted by atomic mass is 31.2. The summed E-state index contributed by atoms with van der Waals surface area (Å²) in [5, 5.41) is 10.6. The van der Waals surface area contributed by atoms with Gasteiger partial charge in [-0.25, -0.2) is 9.13 Å². The molecule has 17 nitrogen and oxygen atoms in total. The van der Waals surface area contributed by atoms with E-state index in [9.17, 15) is 43.2 Å². The molecular formula is C79H136O17P2. The molecule has 0 radical (unpaired) electrons. The lowest BCUT2D eigenvalue weighted by Gasteiger charge is -2.21. The number of ether oxygens (including phenoxy) is 4. The minimum Gasteiger partial charge on any atom is -0.462 e. The Morgan fingerprint density at radius 2 is 0.571 bits per heavy atom. The number of allylic oxidation sites excluding steroid dienone is 17. The van der Waals surface area contributed by atoms with Gasteiger partial charge in [0.1, 0.15) is 19.3 Å². The third-order valence-electron chi connectivity index (χ3n) is 15.8. The number of aliphatic hydroxyl groups is 1. The van der Waals surface area contributed by atoms with Crippen LogP contribution in [0.4, 0.5) is 0 Å². The van der Waals surface area contributed by atoms with Crippen LogP contribution >= 0.6 is 15.6 Å². The molecule has 0 amide bonds. The van der Waals surface area contributed by atoms with Gasteiger partial charge in [-0.1, -0.05) is 285 Å². The van der Waals surface area contributed by atoms with Crippen molar-refractivity contribution >= 4 is 39.5 Å². The van der Waals surface area contributed by atoms with E-state index in [0.717, 1.165) is 154 Å². The van der Waals surface area contributed by atoms with Gasteiger partial charge in [0.2, 0.25) is 0 Å². The Kier molecular flexibility index (Phi) is 68.0. The van der Waals surface area contributed by atoms with Gasteiger partial charge in [-0.3, -0.25) is 37.3 Å². The molecule has 0 saturated carbocycles. The predicted octanol–water partition coefficient (Wildman–Crippen LogP) is 21.8. The second-order valence-electron chi connectivity index (χ2n) is 25.2. The summed E-state index contributed by atoms with van der Waals surface area (Å²) in [7, 11) is -9.98. The highest BCUT2D eigenvalue weighted by molar-refractivity contribution is 7.47. The number of carbonyl (C=O) groups excluding carboxylic acids is 4. The normalized spacial score (nSPS) is 14.6. The Bertz CT molecular complexity index is 2290. The second-order valence-corrected chi connectivity index (χ2v) is 28.1. The van der Waals surface area contributed by atoms with Crippen molar-refractivity contribution in [3.63, 3.8) is 0 Å². The van der Waals surface area contributed by atoms with E-state index in [1.807, 2.05) is 12.2 Å². The summed E-state index contributed by atoms with van der Waals surface area (Å²) in [6.07, 6.45) is 75.4. The lowest BCUT2D eigenvalue weighted by molar-refractivity contribution is -0.161. The van der Waals surface area contributed by atoms with Crippen LogP contribution in [0.2, 0.25) is 0 Å². The molecular weight excluding hydrogens is 1280 g/mol. The summed E-state index contributed by atoms with van der Waals surface area (Å²) in [4.78, 5) is 72.7. The van der Waals surface area contributed by atoms with Crippen LogP contribution in [0.15, 0.2) is 109 Å². The largest absolute Gasteiger partial charge is 0.472 e. The van der Waals surface area contributed by atoms with Crippen molar-refractivity contribution in [1.82, 2.24) is 0 Å². The zero-order valence-corrected chi connectivity index (χ0v) is 63.2. The van der Waals surface area contributed by atoms with E-state index >= 15 is 0 Å². The number of esters is 4. The number of phosphoric ester groups is 2. The third-order valence-corrected chi connectivity index (χ3v) is 17.7. The number of hydrogen-bond acceptors (Lipinski definition) is 15. The Labute approximate surface area is 594 Å². The predicted molar refractivity (Wildman–Crippen MR) is 399 cm³/mol. The fourth-order valence-electron chi connectivity index (χ4n) is 10.0. The minimum absolute atomic E-state index is 0.0933. The van der Waals surface area contributed by atoms with Gasteiger partial charge in [-0.2, -0.15) is 0 Å². The van der Waals surface area contributed by atoms with Crippen LogP contribution in [0.5, 0.6) is 0 Å². The standard InChI is InChI=1S/C79H136O17P2/c1-5-9-13-17-21-25-29-32-35-36-39-41-45-48-52-56-60-64-77(82)90-70-75(96-79(84)66-62-58-54-50-46-42-38-34-31-27-23-19-15-11-7-3)72-94-98(87,88)92-68-73(80)67-91-97(85,86)93-71-74(95-78(83)65-61-57-53-49-43-28-24-20-16-12-8-4)69-89-76(81)63-59-55-51-47-44-40-37-33-30-26-22-18-14-10-6-2/h9,11,13,15,21,23,25,27,32-35,37-38,46,50,58,62,73-75,80H,5-8,10,12,14,16-20,22,24,26,28-31,36,39-45,47-49,51-57,59-61,63-72H2,1-4H3,(H,85,86)(H,87,88)/b13-9-,15-11-,25-21-,27-23-,35-32-,37-33-,38-34-,50-46-,62-58-. The van der Waals surface area contributed by atoms with Gasteiger partial charge in [0, 0.05) is 19.3 Å². The molecule has 0 aliphatic rings. The maximum Gasteiger partial charge on any atom is 0.472 e. The summed E-state index contributed by atoms with van der Waals surface area (Å²) in [6.45, 7) is 4.52. The molecule has 5 atom stereocenters. The van der Waals surface area contributed by atoms with Crippen molar-refractivity contribution < 1.29 is 80.2 Å². The van der Waals surface area contributed by atoms with Crippen LogP contribution in [-0.4, -0.2) is 96.7 Å². The molecule has 0 heterocycles. The number of unbranched alkanes of at least 4 members (excludes halogenated alkanes) is 28. The highest BCUT2D eigenvalue weighted by Gasteiger charge is 2.30. The van der Waals surface area contributed by atoms with Crippen LogP contribution in [0.3, 0.4) is 0 Å². The van der Waals surface area contributed by atoms with E-state index in [-0.39, 0.29) is 25.7 Å². The van der Waals surface area contributed by atoms with E-state index in [0.29, 0.717) is 25.7 Å². The molecule has 0 bridgehead atoms. The quantitative estimate of drug-likeness (QED) is 0.0169. The third kappa shape index (κ3) is 70.2. The Morgan fingerprint density at radius 3 is 0.918 bits per heavy atom. The first-order valence-corrected chi connectivity index (χ1v) is 41.1. The van der Waals surface area contributed by atoms with Crippen molar-refractivity contribution in [3.05, 3.63) is 109 Å². The molecule has 0 spiro atoms. The lowest BCUT2D eigenvalue weighted by atomic mass is 10.1. The summed E-state index contributed by atoms with van der Waals surface area (Å²) in [5.41, 5.74) is 0. The number of rotatable bonds is 71. The summed E-state index contributed by atoms with van der Waals surface area (Å²) in [5.74, 6) is -2.33. The van der Waals surface area contributed by atoms with Crippen LogP contribution < -0.4 is 0 Å². The Balaban J connectivity index is 5.39. The minimum atomic E-state index is -5.00. The summed E-state index contributed by atoms with van der Waals surface area (Å²) >= 11 is 0. The zero-order valence-electron chi connectivity index (χ0n) is 61.4. The van der Waals surface area contributed by atoms with Crippen LogP contribution in [0.25, 0.3) is 0 Å². The van der Waals surface area contributed by atoms with Crippen molar-refractivity contribution in [2.24, 2.45) is 0 Å². The smallest absolute Gasteiger partial charge is 0.462 e. The van der Waals surface area contributed by atoms with Crippen molar-refractivity contribution in [2.75, 3.05) is 39.6 Å². The SMILES string of the molecule is CC/C=C\C/C=C\C/C=C\C/C=C\C/C=C\CC(=O)OC(COC(=O)CCCCCCCCC/C=C\C/C=C\C/C=C\CC)COP(=O)(O)OCC(O)COP(=O)(O)OCC(COC(=O)CCCCCCC/C=C\CCCCCCCC)OC(=O)CCCCCCCCCCCCC. The van der Waals surface area contributed by atoms with Crippen LogP contribution in [-0.2, 0) is 65.4 Å². The van der Waals surface area contributed by atoms with E-state index in [2.05, 4.69) is 113 Å². The molecule has 0 fully saturated rings. The molecule has 0 rings (SSSR count).